The second kappa shape index (κ2) is 10.9. The molecule has 0 heterocycles. The normalized spacial score (nSPS) is 12.2. The van der Waals surface area contributed by atoms with Crippen molar-refractivity contribution in [2.24, 2.45) is 5.73 Å². The molecule has 0 bridgehead atoms. The fraction of sp³-hybridized carbons (Fsp3) is 0.200. The number of hydrogen-bond donors (Lipinski definition) is 3. The lowest BCUT2D eigenvalue weighted by Gasteiger charge is -2.15. The number of nitrogens with one attached hydrogen (secondary N) is 2. The molecule has 172 valence electrons. The van der Waals surface area contributed by atoms with Gasteiger partial charge in [0.05, 0.1) is 11.3 Å². The molecule has 2 amide bonds. The van der Waals surface area contributed by atoms with Crippen LogP contribution in [0, 0.1) is 0 Å². The van der Waals surface area contributed by atoms with Gasteiger partial charge in [0.1, 0.15) is 0 Å². The molecule has 3 aromatic carbocycles. The number of rotatable bonds is 10. The molecule has 3 aromatic rings. The summed E-state index contributed by atoms with van der Waals surface area (Å²) in [6.07, 6.45) is 0.874. The van der Waals surface area contributed by atoms with E-state index in [0.29, 0.717) is 12.1 Å². The number of anilines is 1. The summed E-state index contributed by atoms with van der Waals surface area (Å²) in [6.45, 7) is 1.80. The summed E-state index contributed by atoms with van der Waals surface area (Å²) >= 11 is 0. The van der Waals surface area contributed by atoms with Gasteiger partial charge < -0.3 is 11.1 Å². The van der Waals surface area contributed by atoms with Crippen molar-refractivity contribution < 1.29 is 18.0 Å². The lowest BCUT2D eigenvalue weighted by molar-refractivity contribution is -0.117. The maximum atomic E-state index is 12.7. The second-order valence-electron chi connectivity index (χ2n) is 7.79. The van der Waals surface area contributed by atoms with Gasteiger partial charge in [-0.3, -0.25) is 9.59 Å². The molecule has 0 aliphatic carbocycles. The van der Waals surface area contributed by atoms with E-state index in [1.165, 1.54) is 0 Å². The molecular weight excluding hydrogens is 438 g/mol. The molecule has 0 unspecified atom stereocenters. The first-order valence-electron chi connectivity index (χ1n) is 10.6. The fourth-order valence-electron chi connectivity index (χ4n) is 3.33. The van der Waals surface area contributed by atoms with Crippen LogP contribution in [0.4, 0.5) is 5.69 Å². The van der Waals surface area contributed by atoms with Gasteiger partial charge in [0, 0.05) is 18.2 Å². The van der Waals surface area contributed by atoms with E-state index in [1.807, 2.05) is 30.3 Å². The van der Waals surface area contributed by atoms with E-state index in [-0.39, 0.29) is 29.7 Å². The first kappa shape index (κ1) is 24.2. The summed E-state index contributed by atoms with van der Waals surface area (Å²) in [7, 11) is -3.67. The van der Waals surface area contributed by atoms with Gasteiger partial charge in [0.2, 0.25) is 21.8 Å². The molecule has 1 atom stereocenters. The Morgan fingerprint density at radius 2 is 1.48 bits per heavy atom. The summed E-state index contributed by atoms with van der Waals surface area (Å²) in [6, 6.07) is 22.5. The minimum Gasteiger partial charge on any atom is -0.369 e. The van der Waals surface area contributed by atoms with E-state index in [1.54, 1.807) is 55.5 Å². The van der Waals surface area contributed by atoms with Crippen molar-refractivity contribution in [2.45, 2.75) is 37.1 Å². The fourth-order valence-corrected chi connectivity index (χ4v) is 4.57. The number of carbonyl (C=O) groups is 2. The molecule has 7 nitrogen and oxygen atoms in total. The number of hydrogen-bond acceptors (Lipinski definition) is 4. The Hall–Kier alpha value is -3.49. The Labute approximate surface area is 194 Å². The van der Waals surface area contributed by atoms with Gasteiger partial charge in [-0.1, -0.05) is 54.6 Å². The number of carbonyl (C=O) groups excluding carboxylic acids is 2. The van der Waals surface area contributed by atoms with Crippen molar-refractivity contribution in [1.82, 2.24) is 4.72 Å². The first-order valence-corrected chi connectivity index (χ1v) is 12.0. The number of sulfonamides is 1. The molecule has 0 spiro atoms. The molecule has 0 aliphatic rings. The minimum atomic E-state index is -3.67. The van der Waals surface area contributed by atoms with Crippen LogP contribution >= 0.6 is 0 Å². The van der Waals surface area contributed by atoms with Crippen LogP contribution in [0.25, 0.3) is 0 Å². The monoisotopic (exact) mass is 465 g/mol. The van der Waals surface area contributed by atoms with Gasteiger partial charge >= 0.3 is 0 Å². The highest BCUT2D eigenvalue weighted by Gasteiger charge is 2.18. The smallest absolute Gasteiger partial charge is 0.241 e. The molecule has 4 N–H and O–H groups in total. The van der Waals surface area contributed by atoms with Gasteiger partial charge in [0.15, 0.2) is 0 Å². The van der Waals surface area contributed by atoms with E-state index in [2.05, 4.69) is 10.0 Å². The summed E-state index contributed by atoms with van der Waals surface area (Å²) in [5.74, 6) is -0.570. The van der Waals surface area contributed by atoms with Crippen LogP contribution in [0.3, 0.4) is 0 Å². The van der Waals surface area contributed by atoms with Crippen LogP contribution in [-0.4, -0.2) is 20.2 Å². The maximum absolute atomic E-state index is 12.7. The van der Waals surface area contributed by atoms with Crippen LogP contribution in [0.1, 0.15) is 36.1 Å². The average molecular weight is 466 g/mol. The highest BCUT2D eigenvalue weighted by atomic mass is 32.2. The summed E-state index contributed by atoms with van der Waals surface area (Å²) in [5, 5.41) is 2.80. The lowest BCUT2D eigenvalue weighted by Crippen LogP contribution is -2.26. The largest absolute Gasteiger partial charge is 0.369 e. The van der Waals surface area contributed by atoms with Crippen molar-refractivity contribution in [1.29, 1.82) is 0 Å². The number of primary amides is 1. The molecule has 3 rings (SSSR count). The lowest BCUT2D eigenvalue weighted by atomic mass is 10.1. The molecule has 0 saturated heterocycles. The van der Waals surface area contributed by atoms with Gasteiger partial charge in [-0.05, 0) is 54.3 Å². The summed E-state index contributed by atoms with van der Waals surface area (Å²) < 4.78 is 28.0. The Bertz CT molecular complexity index is 1190. The second-order valence-corrected chi connectivity index (χ2v) is 9.50. The van der Waals surface area contributed by atoms with Crippen LogP contribution in [-0.2, 0) is 32.5 Å². The van der Waals surface area contributed by atoms with Gasteiger partial charge in [-0.25, -0.2) is 13.1 Å². The highest BCUT2D eigenvalue weighted by molar-refractivity contribution is 7.89. The van der Waals surface area contributed by atoms with Gasteiger partial charge in [-0.15, -0.1) is 0 Å². The zero-order valence-corrected chi connectivity index (χ0v) is 19.1. The molecule has 0 saturated carbocycles. The Morgan fingerprint density at radius 3 is 2.09 bits per heavy atom. The number of nitrogens with two attached hydrogens (primary N) is 1. The Kier molecular flexibility index (Phi) is 7.97. The Balaban J connectivity index is 1.52. The van der Waals surface area contributed by atoms with Gasteiger partial charge in [-0.2, -0.15) is 0 Å². The van der Waals surface area contributed by atoms with Crippen molar-refractivity contribution in [2.75, 3.05) is 5.32 Å². The zero-order valence-electron chi connectivity index (χ0n) is 18.3. The van der Waals surface area contributed by atoms with Crippen molar-refractivity contribution in [3.05, 3.63) is 95.6 Å². The van der Waals surface area contributed by atoms with Gasteiger partial charge in [0.25, 0.3) is 0 Å². The summed E-state index contributed by atoms with van der Waals surface area (Å²) in [4.78, 5) is 23.4. The topological polar surface area (TPSA) is 118 Å². The van der Waals surface area contributed by atoms with Crippen LogP contribution in [0.5, 0.6) is 0 Å². The quantitative estimate of drug-likeness (QED) is 0.426. The van der Waals surface area contributed by atoms with E-state index in [9.17, 15) is 18.0 Å². The first-order chi connectivity index (χ1) is 15.7. The molecular formula is C25H27N3O4S. The van der Waals surface area contributed by atoms with Crippen LogP contribution in [0.15, 0.2) is 83.8 Å². The molecule has 33 heavy (non-hydrogen) atoms. The highest BCUT2D eigenvalue weighted by Crippen LogP contribution is 2.18. The van der Waals surface area contributed by atoms with Crippen molar-refractivity contribution in [3.63, 3.8) is 0 Å². The minimum absolute atomic E-state index is 0.153. The summed E-state index contributed by atoms with van der Waals surface area (Å²) in [5.41, 5.74) is 8.32. The van der Waals surface area contributed by atoms with E-state index < -0.39 is 15.9 Å². The predicted octanol–water partition coefficient (Wildman–Crippen LogP) is 3.33. The molecule has 0 fully saturated rings. The Morgan fingerprint density at radius 1 is 0.879 bits per heavy atom. The standard InChI is InChI=1S/C25H27N3O4S/c1-18(21-5-3-2-4-6-21)28-33(31,32)23-14-9-19(10-15-23)11-16-25(30)27-22-12-7-20(8-13-22)17-24(26)29/h2-10,12-15,18,28H,11,16-17H2,1H3,(H2,26,29)(H,27,30)/t18-/m1/s1. The van der Waals surface area contributed by atoms with Crippen LogP contribution < -0.4 is 15.8 Å². The molecule has 0 aromatic heterocycles. The van der Waals surface area contributed by atoms with E-state index in [0.717, 1.165) is 16.7 Å². The zero-order chi connectivity index (χ0) is 23.8. The predicted molar refractivity (Wildman–Crippen MR) is 128 cm³/mol. The SMILES string of the molecule is C[C@@H](NS(=O)(=O)c1ccc(CCC(=O)Nc2ccc(CC(N)=O)cc2)cc1)c1ccccc1. The van der Waals surface area contributed by atoms with E-state index >= 15 is 0 Å². The molecule has 0 radical (unpaired) electrons. The van der Waals surface area contributed by atoms with Crippen molar-refractivity contribution >= 4 is 27.5 Å². The third-order valence-corrected chi connectivity index (χ3v) is 6.68. The third-order valence-electron chi connectivity index (χ3n) is 5.12. The van der Waals surface area contributed by atoms with Crippen LogP contribution in [0.2, 0.25) is 0 Å². The number of benzene rings is 3. The average Bonchev–Trinajstić information content (AvgIpc) is 2.79. The molecule has 8 heteroatoms. The number of amides is 2. The third kappa shape index (κ3) is 7.27. The van der Waals surface area contributed by atoms with E-state index in [4.69, 9.17) is 5.73 Å². The maximum Gasteiger partial charge on any atom is 0.241 e. The molecule has 0 aliphatic heterocycles. The number of aryl methyl sites for hydroxylation is 1. The van der Waals surface area contributed by atoms with Crippen molar-refractivity contribution in [3.8, 4) is 0 Å².